The molecule has 0 aliphatic carbocycles. The molecule has 0 spiro atoms. The second-order valence-electron chi connectivity index (χ2n) is 5.59. The monoisotopic (exact) mass is 320 g/mol. The molecule has 1 saturated heterocycles. The van der Waals surface area contributed by atoms with Crippen molar-refractivity contribution >= 4 is 5.82 Å². The van der Waals surface area contributed by atoms with Crippen LogP contribution < -0.4 is 4.90 Å². The van der Waals surface area contributed by atoms with E-state index in [-0.39, 0.29) is 11.9 Å². The van der Waals surface area contributed by atoms with Gasteiger partial charge in [-0.3, -0.25) is 5.10 Å². The van der Waals surface area contributed by atoms with Crippen LogP contribution in [0, 0.1) is 5.82 Å². The fraction of sp³-hybridized carbons (Fsp3) is 0.600. The Bertz CT molecular complexity index is 661. The number of hydrogen-bond donors (Lipinski definition) is 1. The predicted molar refractivity (Wildman–Crippen MR) is 82.4 cm³/mol. The van der Waals surface area contributed by atoms with E-state index in [4.69, 9.17) is 4.74 Å². The standard InChI is InChI=1S/C15H21FN6O/c1-3-10-13(16)15(18-9-17-10)22-7-5-4-6-11(22)14-19-12(8-23-2)20-21-14/h9,11H,3-8H2,1-2H3,(H,19,20,21). The molecule has 1 atom stereocenters. The van der Waals surface area contributed by atoms with E-state index in [9.17, 15) is 4.39 Å². The third kappa shape index (κ3) is 3.17. The molecule has 124 valence electrons. The first kappa shape index (κ1) is 15.8. The molecule has 1 fully saturated rings. The van der Waals surface area contributed by atoms with Crippen LogP contribution in [-0.2, 0) is 17.8 Å². The van der Waals surface area contributed by atoms with Gasteiger partial charge in [0, 0.05) is 13.7 Å². The zero-order valence-corrected chi connectivity index (χ0v) is 13.4. The van der Waals surface area contributed by atoms with Gasteiger partial charge in [0.25, 0.3) is 0 Å². The van der Waals surface area contributed by atoms with Crippen molar-refractivity contribution in [1.29, 1.82) is 0 Å². The van der Waals surface area contributed by atoms with Crippen molar-refractivity contribution in [3.63, 3.8) is 0 Å². The van der Waals surface area contributed by atoms with E-state index < -0.39 is 0 Å². The molecular weight excluding hydrogens is 299 g/mol. The molecule has 1 aliphatic rings. The SMILES string of the molecule is CCc1ncnc(N2CCCCC2c2n[nH]c(COC)n2)c1F. The number of piperidine rings is 1. The lowest BCUT2D eigenvalue weighted by atomic mass is 10.0. The number of aromatic amines is 1. The number of aryl methyl sites for hydroxylation is 1. The molecule has 0 saturated carbocycles. The maximum atomic E-state index is 14.6. The summed E-state index contributed by atoms with van der Waals surface area (Å²) in [4.78, 5) is 14.6. The fourth-order valence-corrected chi connectivity index (χ4v) is 2.96. The summed E-state index contributed by atoms with van der Waals surface area (Å²) >= 11 is 0. The minimum atomic E-state index is -0.338. The van der Waals surface area contributed by atoms with Crippen LogP contribution in [0.5, 0.6) is 0 Å². The van der Waals surface area contributed by atoms with Crippen molar-refractivity contribution in [1.82, 2.24) is 25.1 Å². The first-order valence-electron chi connectivity index (χ1n) is 7.90. The highest BCUT2D eigenvalue weighted by Crippen LogP contribution is 2.34. The van der Waals surface area contributed by atoms with Gasteiger partial charge in [0.05, 0.1) is 11.7 Å². The topological polar surface area (TPSA) is 79.8 Å². The molecule has 0 amide bonds. The number of rotatable bonds is 5. The first-order chi connectivity index (χ1) is 11.2. The van der Waals surface area contributed by atoms with E-state index in [0.29, 0.717) is 36.2 Å². The maximum absolute atomic E-state index is 14.6. The molecule has 2 aromatic heterocycles. The lowest BCUT2D eigenvalue weighted by Gasteiger charge is -2.35. The highest BCUT2D eigenvalue weighted by atomic mass is 19.1. The smallest absolute Gasteiger partial charge is 0.187 e. The minimum absolute atomic E-state index is 0.0836. The van der Waals surface area contributed by atoms with Crippen molar-refractivity contribution in [3.8, 4) is 0 Å². The number of halogens is 1. The van der Waals surface area contributed by atoms with E-state index in [1.807, 2.05) is 11.8 Å². The van der Waals surface area contributed by atoms with E-state index in [2.05, 4.69) is 25.1 Å². The average molecular weight is 320 g/mol. The van der Waals surface area contributed by atoms with Gasteiger partial charge < -0.3 is 9.64 Å². The zero-order chi connectivity index (χ0) is 16.2. The molecule has 1 N–H and O–H groups in total. The number of nitrogens with one attached hydrogen (secondary N) is 1. The molecule has 8 heteroatoms. The van der Waals surface area contributed by atoms with Crippen LogP contribution in [0.4, 0.5) is 10.2 Å². The highest BCUT2D eigenvalue weighted by molar-refractivity contribution is 5.43. The summed E-state index contributed by atoms with van der Waals surface area (Å²) in [6.45, 7) is 2.99. The summed E-state index contributed by atoms with van der Waals surface area (Å²) in [5, 5.41) is 7.16. The van der Waals surface area contributed by atoms with Crippen molar-refractivity contribution < 1.29 is 9.13 Å². The number of anilines is 1. The quantitative estimate of drug-likeness (QED) is 0.909. The Hall–Kier alpha value is -2.09. The van der Waals surface area contributed by atoms with Crippen LogP contribution in [0.2, 0.25) is 0 Å². The lowest BCUT2D eigenvalue weighted by Crippen LogP contribution is -2.35. The number of ether oxygens (including phenoxy) is 1. The van der Waals surface area contributed by atoms with Gasteiger partial charge in [0.15, 0.2) is 23.3 Å². The number of nitrogens with zero attached hydrogens (tertiary/aromatic N) is 5. The van der Waals surface area contributed by atoms with E-state index in [0.717, 1.165) is 25.8 Å². The van der Waals surface area contributed by atoms with Crippen molar-refractivity contribution in [2.24, 2.45) is 0 Å². The summed E-state index contributed by atoms with van der Waals surface area (Å²) in [5.41, 5.74) is 0.439. The van der Waals surface area contributed by atoms with Gasteiger partial charge in [-0.25, -0.2) is 19.3 Å². The summed E-state index contributed by atoms with van der Waals surface area (Å²) in [6, 6.07) is -0.0836. The van der Waals surface area contributed by atoms with Crippen LogP contribution in [0.15, 0.2) is 6.33 Å². The molecule has 3 heterocycles. The molecule has 2 aromatic rings. The second kappa shape index (κ2) is 6.99. The number of H-pyrrole nitrogens is 1. The highest BCUT2D eigenvalue weighted by Gasteiger charge is 2.30. The number of hydrogen-bond acceptors (Lipinski definition) is 6. The Labute approximate surface area is 134 Å². The molecule has 0 aromatic carbocycles. The van der Waals surface area contributed by atoms with Gasteiger partial charge in [0.2, 0.25) is 0 Å². The normalized spacial score (nSPS) is 18.4. The van der Waals surface area contributed by atoms with Gasteiger partial charge >= 0.3 is 0 Å². The summed E-state index contributed by atoms with van der Waals surface area (Å²) in [7, 11) is 1.61. The van der Waals surface area contributed by atoms with Crippen LogP contribution >= 0.6 is 0 Å². The average Bonchev–Trinajstić information content (AvgIpc) is 3.04. The van der Waals surface area contributed by atoms with Crippen LogP contribution in [0.25, 0.3) is 0 Å². The molecule has 3 rings (SSSR count). The Kier molecular flexibility index (Phi) is 4.80. The lowest BCUT2D eigenvalue weighted by molar-refractivity contribution is 0.178. The van der Waals surface area contributed by atoms with Crippen LogP contribution in [0.3, 0.4) is 0 Å². The van der Waals surface area contributed by atoms with Gasteiger partial charge in [-0.1, -0.05) is 6.92 Å². The Morgan fingerprint density at radius 1 is 1.39 bits per heavy atom. The number of aromatic nitrogens is 5. The number of methoxy groups -OCH3 is 1. The fourth-order valence-electron chi connectivity index (χ4n) is 2.96. The van der Waals surface area contributed by atoms with Crippen LogP contribution in [0.1, 0.15) is 49.6 Å². The molecule has 0 bridgehead atoms. The van der Waals surface area contributed by atoms with E-state index in [1.165, 1.54) is 6.33 Å². The first-order valence-corrected chi connectivity index (χ1v) is 7.90. The van der Waals surface area contributed by atoms with Gasteiger partial charge in [-0.2, -0.15) is 5.10 Å². The molecule has 1 unspecified atom stereocenters. The third-order valence-corrected chi connectivity index (χ3v) is 4.08. The zero-order valence-electron chi connectivity index (χ0n) is 13.4. The third-order valence-electron chi connectivity index (χ3n) is 4.08. The summed E-state index contributed by atoms with van der Waals surface area (Å²) in [5.74, 6) is 1.34. The van der Waals surface area contributed by atoms with Crippen LogP contribution in [-0.4, -0.2) is 38.8 Å². The Morgan fingerprint density at radius 3 is 3.04 bits per heavy atom. The van der Waals surface area contributed by atoms with Crippen molar-refractivity contribution in [2.75, 3.05) is 18.6 Å². The Balaban J connectivity index is 1.92. The largest absolute Gasteiger partial charge is 0.377 e. The van der Waals surface area contributed by atoms with Gasteiger partial charge in [-0.05, 0) is 25.7 Å². The molecule has 7 nitrogen and oxygen atoms in total. The van der Waals surface area contributed by atoms with E-state index in [1.54, 1.807) is 7.11 Å². The van der Waals surface area contributed by atoms with Gasteiger partial charge in [-0.15, -0.1) is 0 Å². The Morgan fingerprint density at radius 2 is 2.26 bits per heavy atom. The van der Waals surface area contributed by atoms with Crippen molar-refractivity contribution in [2.45, 2.75) is 45.3 Å². The van der Waals surface area contributed by atoms with E-state index >= 15 is 0 Å². The molecular formula is C15H21FN6O. The predicted octanol–water partition coefficient (Wildman–Crippen LogP) is 2.17. The van der Waals surface area contributed by atoms with Crippen molar-refractivity contribution in [3.05, 3.63) is 29.5 Å². The minimum Gasteiger partial charge on any atom is -0.377 e. The summed E-state index contributed by atoms with van der Waals surface area (Å²) < 4.78 is 19.7. The van der Waals surface area contributed by atoms with Gasteiger partial charge in [0.1, 0.15) is 12.9 Å². The molecule has 1 aliphatic heterocycles. The maximum Gasteiger partial charge on any atom is 0.187 e. The second-order valence-corrected chi connectivity index (χ2v) is 5.59. The summed E-state index contributed by atoms with van der Waals surface area (Å²) in [6.07, 6.45) is 4.89. The molecule has 23 heavy (non-hydrogen) atoms. The molecule has 0 radical (unpaired) electrons.